The summed E-state index contributed by atoms with van der Waals surface area (Å²) in [5.74, 6) is 4.90. The summed E-state index contributed by atoms with van der Waals surface area (Å²) >= 11 is 1.46. The molecule has 1 aromatic carbocycles. The van der Waals surface area contributed by atoms with Crippen LogP contribution in [0, 0.1) is 25.7 Å². The lowest BCUT2D eigenvalue weighted by molar-refractivity contribution is -0.137. The molecule has 0 radical (unpaired) electrons. The summed E-state index contributed by atoms with van der Waals surface area (Å²) in [4.78, 5) is 30.6. The Morgan fingerprint density at radius 3 is 2.80 bits per heavy atom. The van der Waals surface area contributed by atoms with Crippen LogP contribution in [0.5, 0.6) is 0 Å². The van der Waals surface area contributed by atoms with Crippen molar-refractivity contribution in [1.82, 2.24) is 14.9 Å². The molecule has 2 aromatic heterocycles. The van der Waals surface area contributed by atoms with Crippen LogP contribution >= 0.6 is 11.3 Å². The summed E-state index contributed by atoms with van der Waals surface area (Å²) in [5.41, 5.74) is 0.159. The molecule has 0 saturated carbocycles. The number of carbonyl (C=O) groups is 1. The van der Waals surface area contributed by atoms with Gasteiger partial charge in [-0.1, -0.05) is 17.9 Å². The van der Waals surface area contributed by atoms with E-state index < -0.39 is 11.7 Å². The van der Waals surface area contributed by atoms with E-state index >= 15 is 0 Å². The average molecular weight is 433 g/mol. The van der Waals surface area contributed by atoms with Crippen molar-refractivity contribution in [2.45, 2.75) is 33.0 Å². The van der Waals surface area contributed by atoms with Crippen LogP contribution in [0.1, 0.15) is 28.0 Å². The SMILES string of the molecule is Cc1sc2ncn(CCC(=O)NCC#Cc3cccc(C(F)(F)F)c3)c(=O)c2c1C. The molecule has 0 bridgehead atoms. The third kappa shape index (κ3) is 4.89. The van der Waals surface area contributed by atoms with Gasteiger partial charge in [-0.25, -0.2) is 4.98 Å². The van der Waals surface area contributed by atoms with Crippen LogP contribution in [-0.2, 0) is 17.5 Å². The highest BCUT2D eigenvalue weighted by Gasteiger charge is 2.30. The van der Waals surface area contributed by atoms with Crippen LogP contribution in [0.15, 0.2) is 35.4 Å². The third-order valence-corrected chi connectivity index (χ3v) is 5.65. The molecule has 0 aliphatic carbocycles. The first-order valence-electron chi connectivity index (χ1n) is 9.05. The quantitative estimate of drug-likeness (QED) is 0.639. The first kappa shape index (κ1) is 21.6. The highest BCUT2D eigenvalue weighted by Crippen LogP contribution is 2.29. The van der Waals surface area contributed by atoms with Crippen molar-refractivity contribution < 1.29 is 18.0 Å². The molecule has 0 spiro atoms. The van der Waals surface area contributed by atoms with E-state index in [1.54, 1.807) is 0 Å². The maximum atomic E-state index is 12.7. The van der Waals surface area contributed by atoms with Crippen LogP contribution < -0.4 is 10.9 Å². The Balaban J connectivity index is 1.56. The minimum Gasteiger partial charge on any atom is -0.345 e. The molecule has 0 fully saturated rings. The number of aryl methyl sites for hydroxylation is 3. The Labute approximate surface area is 174 Å². The van der Waals surface area contributed by atoms with Gasteiger partial charge in [-0.05, 0) is 37.6 Å². The Hall–Kier alpha value is -3.12. The molecule has 0 saturated heterocycles. The second-order valence-electron chi connectivity index (χ2n) is 6.61. The molecule has 1 amide bonds. The number of carbonyl (C=O) groups excluding carboxylic acids is 1. The van der Waals surface area contributed by atoms with Gasteiger partial charge < -0.3 is 5.32 Å². The standard InChI is InChI=1S/C21H18F3N3O2S/c1-13-14(2)30-19-18(13)20(29)27(12-26-19)10-8-17(28)25-9-4-6-15-5-3-7-16(11-15)21(22,23)24/h3,5,7,11-12H,8-10H2,1-2H3,(H,25,28). The van der Waals surface area contributed by atoms with E-state index in [0.717, 1.165) is 22.6 Å². The molecule has 30 heavy (non-hydrogen) atoms. The summed E-state index contributed by atoms with van der Waals surface area (Å²) in [7, 11) is 0. The summed E-state index contributed by atoms with van der Waals surface area (Å²) in [5, 5.41) is 3.15. The summed E-state index contributed by atoms with van der Waals surface area (Å²) in [6.45, 7) is 3.96. The lowest BCUT2D eigenvalue weighted by atomic mass is 10.1. The lowest BCUT2D eigenvalue weighted by Crippen LogP contribution is -2.27. The van der Waals surface area contributed by atoms with Gasteiger partial charge in [0.15, 0.2) is 0 Å². The number of rotatable bonds is 4. The van der Waals surface area contributed by atoms with Crippen molar-refractivity contribution in [3.05, 3.63) is 62.5 Å². The van der Waals surface area contributed by atoms with E-state index in [0.29, 0.717) is 10.2 Å². The molecule has 3 aromatic rings. The van der Waals surface area contributed by atoms with Crippen molar-refractivity contribution >= 4 is 27.5 Å². The highest BCUT2D eigenvalue weighted by atomic mass is 32.1. The first-order chi connectivity index (χ1) is 14.2. The van der Waals surface area contributed by atoms with E-state index in [1.807, 2.05) is 13.8 Å². The van der Waals surface area contributed by atoms with Crippen molar-refractivity contribution in [1.29, 1.82) is 0 Å². The summed E-state index contributed by atoms with van der Waals surface area (Å²) in [6, 6.07) is 4.68. The average Bonchev–Trinajstić information content (AvgIpc) is 2.99. The molecule has 3 rings (SSSR count). The predicted octanol–water partition coefficient (Wildman–Crippen LogP) is 3.65. The molecule has 0 atom stereocenters. The maximum Gasteiger partial charge on any atom is 0.416 e. The van der Waals surface area contributed by atoms with E-state index in [1.165, 1.54) is 34.4 Å². The number of nitrogens with zero attached hydrogens (tertiary/aromatic N) is 2. The molecule has 0 aliphatic heterocycles. The van der Waals surface area contributed by atoms with Crippen LogP contribution in [0.3, 0.4) is 0 Å². The first-order valence-corrected chi connectivity index (χ1v) is 9.86. The smallest absolute Gasteiger partial charge is 0.345 e. The van der Waals surface area contributed by atoms with Gasteiger partial charge in [0.2, 0.25) is 5.91 Å². The number of hydrogen-bond acceptors (Lipinski definition) is 4. The van der Waals surface area contributed by atoms with Crippen LogP contribution in [0.4, 0.5) is 13.2 Å². The fourth-order valence-electron chi connectivity index (χ4n) is 2.80. The number of amides is 1. The zero-order chi connectivity index (χ0) is 21.9. The third-order valence-electron chi connectivity index (χ3n) is 4.53. The Bertz CT molecular complexity index is 1220. The van der Waals surface area contributed by atoms with Gasteiger partial charge in [0.05, 0.1) is 23.8 Å². The number of halogens is 3. The molecule has 2 heterocycles. The summed E-state index contributed by atoms with van der Waals surface area (Å²) < 4.78 is 39.5. The molecule has 0 aliphatic rings. The topological polar surface area (TPSA) is 64.0 Å². The molecule has 0 unspecified atom stereocenters. The van der Waals surface area contributed by atoms with Gasteiger partial charge in [0.1, 0.15) is 4.83 Å². The predicted molar refractivity (Wildman–Crippen MR) is 109 cm³/mol. The zero-order valence-electron chi connectivity index (χ0n) is 16.3. The molecule has 156 valence electrons. The Morgan fingerprint density at radius 1 is 1.30 bits per heavy atom. The minimum absolute atomic E-state index is 0.00983. The number of alkyl halides is 3. The molecule has 5 nitrogen and oxygen atoms in total. The number of nitrogens with one attached hydrogen (secondary N) is 1. The lowest BCUT2D eigenvalue weighted by Gasteiger charge is -2.06. The Morgan fingerprint density at radius 2 is 2.07 bits per heavy atom. The maximum absolute atomic E-state index is 12.7. The number of fused-ring (bicyclic) bond motifs is 1. The molecular weight excluding hydrogens is 415 g/mol. The van der Waals surface area contributed by atoms with Gasteiger partial charge in [0.25, 0.3) is 5.56 Å². The second-order valence-corrected chi connectivity index (χ2v) is 7.82. The van der Waals surface area contributed by atoms with Gasteiger partial charge >= 0.3 is 6.18 Å². The minimum atomic E-state index is -4.43. The fourth-order valence-corrected chi connectivity index (χ4v) is 3.79. The van der Waals surface area contributed by atoms with Crippen LogP contribution in [-0.4, -0.2) is 22.0 Å². The van der Waals surface area contributed by atoms with E-state index in [-0.39, 0.29) is 36.5 Å². The number of benzene rings is 1. The van der Waals surface area contributed by atoms with Gasteiger partial charge in [0, 0.05) is 23.4 Å². The fraction of sp³-hybridized carbons (Fsp3) is 0.286. The molecular formula is C21H18F3N3O2S. The largest absolute Gasteiger partial charge is 0.416 e. The van der Waals surface area contributed by atoms with Crippen LogP contribution in [0.25, 0.3) is 10.2 Å². The van der Waals surface area contributed by atoms with Crippen molar-refractivity contribution in [3.8, 4) is 11.8 Å². The number of aromatic nitrogens is 2. The normalized spacial score (nSPS) is 11.2. The van der Waals surface area contributed by atoms with Crippen LogP contribution in [0.2, 0.25) is 0 Å². The molecule has 1 N–H and O–H groups in total. The Kier molecular flexibility index (Phi) is 6.27. The van der Waals surface area contributed by atoms with E-state index in [2.05, 4.69) is 22.1 Å². The highest BCUT2D eigenvalue weighted by molar-refractivity contribution is 7.18. The van der Waals surface area contributed by atoms with Crippen molar-refractivity contribution in [3.63, 3.8) is 0 Å². The monoisotopic (exact) mass is 433 g/mol. The molecule has 9 heteroatoms. The van der Waals surface area contributed by atoms with Crippen molar-refractivity contribution in [2.75, 3.05) is 6.54 Å². The van der Waals surface area contributed by atoms with Gasteiger partial charge in [-0.3, -0.25) is 14.2 Å². The van der Waals surface area contributed by atoms with Crippen molar-refractivity contribution in [2.24, 2.45) is 0 Å². The number of thiophene rings is 1. The van der Waals surface area contributed by atoms with Gasteiger partial charge in [-0.15, -0.1) is 11.3 Å². The van der Waals surface area contributed by atoms with E-state index in [4.69, 9.17) is 0 Å². The summed E-state index contributed by atoms with van der Waals surface area (Å²) in [6.07, 6.45) is -2.94. The second kappa shape index (κ2) is 8.71. The van der Waals surface area contributed by atoms with E-state index in [9.17, 15) is 22.8 Å². The number of hydrogen-bond donors (Lipinski definition) is 1. The zero-order valence-corrected chi connectivity index (χ0v) is 17.1. The van der Waals surface area contributed by atoms with Gasteiger partial charge in [-0.2, -0.15) is 13.2 Å².